The Morgan fingerprint density at radius 1 is 1.59 bits per heavy atom. The molecule has 0 radical (unpaired) electrons. The highest BCUT2D eigenvalue weighted by Gasteiger charge is 2.22. The molecule has 1 aromatic heterocycles. The highest BCUT2D eigenvalue weighted by Crippen LogP contribution is 2.27. The van der Waals surface area contributed by atoms with E-state index in [0.29, 0.717) is 12.5 Å². The molecule has 0 atom stereocenters. The van der Waals surface area contributed by atoms with E-state index in [9.17, 15) is 9.59 Å². The molecule has 0 aromatic carbocycles. The summed E-state index contributed by atoms with van der Waals surface area (Å²) in [4.78, 5) is 22.2. The molecule has 1 aromatic rings. The number of carbonyl (C=O) groups excluding carboxylic acids is 1. The highest BCUT2D eigenvalue weighted by atomic mass is 16.4. The van der Waals surface area contributed by atoms with Gasteiger partial charge in [0.05, 0.1) is 5.69 Å². The normalized spacial score (nSPS) is 14.6. The average Bonchev–Trinajstić information content (AvgIpc) is 3.00. The van der Waals surface area contributed by atoms with Gasteiger partial charge in [0.25, 0.3) is 0 Å². The number of amides is 1. The number of anilines is 1. The van der Waals surface area contributed by atoms with Crippen LogP contribution in [0.3, 0.4) is 0 Å². The summed E-state index contributed by atoms with van der Waals surface area (Å²) in [7, 11) is 0. The van der Waals surface area contributed by atoms with Gasteiger partial charge in [-0.2, -0.15) is 5.10 Å². The monoisotopic (exact) mass is 238 g/mol. The van der Waals surface area contributed by atoms with Crippen molar-refractivity contribution in [2.45, 2.75) is 19.4 Å². The summed E-state index contributed by atoms with van der Waals surface area (Å²) in [6.45, 7) is 0.672. The van der Waals surface area contributed by atoms with Crippen LogP contribution in [-0.4, -0.2) is 33.3 Å². The Kier molecular flexibility index (Phi) is 2.99. The number of nitrogens with one attached hydrogen (secondary N) is 1. The van der Waals surface area contributed by atoms with E-state index in [0.717, 1.165) is 12.8 Å². The molecule has 0 bridgehead atoms. The van der Waals surface area contributed by atoms with Crippen molar-refractivity contribution in [2.24, 2.45) is 5.92 Å². The molecule has 1 fully saturated rings. The fourth-order valence-corrected chi connectivity index (χ4v) is 1.47. The van der Waals surface area contributed by atoms with E-state index in [-0.39, 0.29) is 23.8 Å². The van der Waals surface area contributed by atoms with E-state index in [2.05, 4.69) is 10.4 Å². The first-order valence-electron chi connectivity index (χ1n) is 5.39. The van der Waals surface area contributed by atoms with Crippen LogP contribution >= 0.6 is 0 Å². The number of hydrogen-bond acceptors (Lipinski definition) is 4. The van der Waals surface area contributed by atoms with E-state index in [1.165, 1.54) is 10.9 Å². The minimum Gasteiger partial charge on any atom is -0.476 e. The van der Waals surface area contributed by atoms with Crippen molar-refractivity contribution >= 4 is 17.6 Å². The quantitative estimate of drug-likeness (QED) is 0.651. The van der Waals surface area contributed by atoms with Gasteiger partial charge in [-0.3, -0.25) is 9.48 Å². The molecule has 2 rings (SSSR count). The Hall–Kier alpha value is -2.05. The number of carboxylic acids is 1. The molecule has 1 saturated carbocycles. The predicted octanol–water partition coefficient (Wildman–Crippen LogP) is -0.310. The Morgan fingerprint density at radius 3 is 2.82 bits per heavy atom. The maximum absolute atomic E-state index is 11.5. The van der Waals surface area contributed by atoms with Gasteiger partial charge in [0, 0.05) is 12.7 Å². The summed E-state index contributed by atoms with van der Waals surface area (Å²) < 4.78 is 1.24. The van der Waals surface area contributed by atoms with Crippen LogP contribution in [0, 0.1) is 5.92 Å². The zero-order valence-corrected chi connectivity index (χ0v) is 9.22. The van der Waals surface area contributed by atoms with E-state index in [4.69, 9.17) is 10.8 Å². The molecule has 0 unspecified atom stereocenters. The molecule has 7 nitrogen and oxygen atoms in total. The first-order chi connectivity index (χ1) is 8.06. The van der Waals surface area contributed by atoms with Crippen LogP contribution in [0.5, 0.6) is 0 Å². The van der Waals surface area contributed by atoms with Gasteiger partial charge in [-0.1, -0.05) is 0 Å². The molecule has 1 amide bonds. The van der Waals surface area contributed by atoms with Gasteiger partial charge in [-0.25, -0.2) is 4.79 Å². The van der Waals surface area contributed by atoms with Gasteiger partial charge < -0.3 is 16.2 Å². The smallest absolute Gasteiger partial charge is 0.358 e. The number of nitrogen functional groups attached to an aromatic ring is 1. The molecule has 0 spiro atoms. The van der Waals surface area contributed by atoms with Crippen LogP contribution in [0.4, 0.5) is 5.69 Å². The molecule has 4 N–H and O–H groups in total. The van der Waals surface area contributed by atoms with Crippen LogP contribution in [0.1, 0.15) is 23.3 Å². The lowest BCUT2D eigenvalue weighted by atomic mass is 10.4. The van der Waals surface area contributed by atoms with Crippen LogP contribution < -0.4 is 11.1 Å². The van der Waals surface area contributed by atoms with Crippen molar-refractivity contribution in [3.05, 3.63) is 11.9 Å². The van der Waals surface area contributed by atoms with Gasteiger partial charge in [-0.15, -0.1) is 0 Å². The Morgan fingerprint density at radius 2 is 2.29 bits per heavy atom. The van der Waals surface area contributed by atoms with E-state index < -0.39 is 5.97 Å². The largest absolute Gasteiger partial charge is 0.476 e. The zero-order chi connectivity index (χ0) is 12.4. The minimum atomic E-state index is -1.19. The van der Waals surface area contributed by atoms with Crippen LogP contribution in [0.15, 0.2) is 6.20 Å². The Labute approximate surface area is 97.6 Å². The fourth-order valence-electron chi connectivity index (χ4n) is 1.47. The zero-order valence-electron chi connectivity index (χ0n) is 9.22. The van der Waals surface area contributed by atoms with Crippen molar-refractivity contribution in [2.75, 3.05) is 12.3 Å². The molecule has 1 aliphatic carbocycles. The number of rotatable bonds is 5. The molecule has 1 heterocycles. The van der Waals surface area contributed by atoms with Crippen molar-refractivity contribution in [1.82, 2.24) is 15.1 Å². The summed E-state index contributed by atoms with van der Waals surface area (Å²) in [6.07, 6.45) is 3.68. The predicted molar refractivity (Wildman–Crippen MR) is 59.3 cm³/mol. The standard InChI is InChI=1S/C10H14N4O3/c11-7-4-14(13-9(7)10(16)17)5-8(15)12-3-6-1-2-6/h4,6H,1-3,5,11H2,(H,12,15)(H,16,17). The van der Waals surface area contributed by atoms with E-state index >= 15 is 0 Å². The number of aromatic nitrogens is 2. The summed E-state index contributed by atoms with van der Waals surface area (Å²) in [5, 5.41) is 15.2. The average molecular weight is 238 g/mol. The first-order valence-corrected chi connectivity index (χ1v) is 5.39. The van der Waals surface area contributed by atoms with Crippen molar-refractivity contribution in [3.8, 4) is 0 Å². The summed E-state index contributed by atoms with van der Waals surface area (Å²) in [5.74, 6) is -0.771. The number of hydrogen-bond donors (Lipinski definition) is 3. The van der Waals surface area contributed by atoms with Gasteiger partial charge in [0.1, 0.15) is 6.54 Å². The summed E-state index contributed by atoms with van der Waals surface area (Å²) in [6, 6.07) is 0. The second-order valence-corrected chi connectivity index (χ2v) is 4.18. The molecule has 92 valence electrons. The summed E-state index contributed by atoms with van der Waals surface area (Å²) in [5.41, 5.74) is 5.29. The maximum atomic E-state index is 11.5. The highest BCUT2D eigenvalue weighted by molar-refractivity contribution is 5.91. The van der Waals surface area contributed by atoms with Crippen molar-refractivity contribution in [1.29, 1.82) is 0 Å². The van der Waals surface area contributed by atoms with Gasteiger partial charge in [0.15, 0.2) is 5.69 Å². The lowest BCUT2D eigenvalue weighted by Crippen LogP contribution is -2.29. The molecule has 7 heteroatoms. The number of carboxylic acid groups (broad SMARTS) is 1. The number of aromatic carboxylic acids is 1. The third-order valence-electron chi connectivity index (χ3n) is 2.58. The van der Waals surface area contributed by atoms with Gasteiger partial charge in [-0.05, 0) is 18.8 Å². The third-order valence-corrected chi connectivity index (χ3v) is 2.58. The lowest BCUT2D eigenvalue weighted by molar-refractivity contribution is -0.121. The number of nitrogens with zero attached hydrogens (tertiary/aromatic N) is 2. The second kappa shape index (κ2) is 4.44. The lowest BCUT2D eigenvalue weighted by Gasteiger charge is -2.03. The SMILES string of the molecule is Nc1cn(CC(=O)NCC2CC2)nc1C(=O)O. The van der Waals surface area contributed by atoms with Crippen molar-refractivity contribution in [3.63, 3.8) is 0 Å². The van der Waals surface area contributed by atoms with Crippen LogP contribution in [0.2, 0.25) is 0 Å². The minimum absolute atomic E-state index is 0.00972. The molecule has 17 heavy (non-hydrogen) atoms. The second-order valence-electron chi connectivity index (χ2n) is 4.18. The third kappa shape index (κ3) is 2.96. The summed E-state index contributed by atoms with van der Waals surface area (Å²) >= 11 is 0. The molecule has 1 aliphatic rings. The molecular formula is C10H14N4O3. The van der Waals surface area contributed by atoms with Gasteiger partial charge in [0.2, 0.25) is 5.91 Å². The van der Waals surface area contributed by atoms with Crippen LogP contribution in [-0.2, 0) is 11.3 Å². The van der Waals surface area contributed by atoms with Gasteiger partial charge >= 0.3 is 5.97 Å². The molecular weight excluding hydrogens is 224 g/mol. The fraction of sp³-hybridized carbons (Fsp3) is 0.500. The van der Waals surface area contributed by atoms with E-state index in [1.54, 1.807) is 0 Å². The Bertz CT molecular complexity index is 450. The first kappa shape index (κ1) is 11.4. The van der Waals surface area contributed by atoms with Crippen LogP contribution in [0.25, 0.3) is 0 Å². The maximum Gasteiger partial charge on any atom is 0.358 e. The van der Waals surface area contributed by atoms with E-state index in [1.807, 2.05) is 0 Å². The molecule has 0 aliphatic heterocycles. The topological polar surface area (TPSA) is 110 Å². The Balaban J connectivity index is 1.90. The molecule has 0 saturated heterocycles. The number of carbonyl (C=O) groups is 2. The number of nitrogens with two attached hydrogens (primary N) is 1. The van der Waals surface area contributed by atoms with Crippen molar-refractivity contribution < 1.29 is 14.7 Å².